The van der Waals surface area contributed by atoms with Crippen molar-refractivity contribution in [3.8, 4) is 28.1 Å². The zero-order valence-corrected chi connectivity index (χ0v) is 16.9. The molecule has 0 bridgehead atoms. The van der Waals surface area contributed by atoms with E-state index in [1.165, 1.54) is 0 Å². The van der Waals surface area contributed by atoms with Crippen molar-refractivity contribution in [2.45, 2.75) is 19.9 Å². The van der Waals surface area contributed by atoms with Crippen LogP contribution in [0, 0.1) is 6.92 Å². The van der Waals surface area contributed by atoms with Gasteiger partial charge in [-0.25, -0.2) is 9.97 Å². The second-order valence-corrected chi connectivity index (χ2v) is 7.19. The van der Waals surface area contributed by atoms with Gasteiger partial charge in [0.2, 0.25) is 0 Å². The predicted molar refractivity (Wildman–Crippen MR) is 114 cm³/mol. The number of nitrogens with one attached hydrogen (secondary N) is 2. The second-order valence-electron chi connectivity index (χ2n) is 7.19. The van der Waals surface area contributed by atoms with E-state index in [9.17, 15) is 0 Å². The first-order valence-electron chi connectivity index (χ1n) is 9.67. The Hall–Kier alpha value is -3.94. The Morgan fingerprint density at radius 2 is 1.97 bits per heavy atom. The van der Waals surface area contributed by atoms with Gasteiger partial charge >= 0.3 is 0 Å². The van der Waals surface area contributed by atoms with E-state index in [0.29, 0.717) is 0 Å². The van der Waals surface area contributed by atoms with Crippen molar-refractivity contribution in [1.29, 1.82) is 0 Å². The van der Waals surface area contributed by atoms with Crippen LogP contribution >= 0.6 is 0 Å². The molecule has 30 heavy (non-hydrogen) atoms. The predicted octanol–water partition coefficient (Wildman–Crippen LogP) is 4.14. The Morgan fingerprint density at radius 1 is 1.10 bits per heavy atom. The molecule has 0 aliphatic carbocycles. The molecule has 0 aliphatic heterocycles. The number of para-hydroxylation sites is 1. The van der Waals surface area contributed by atoms with Gasteiger partial charge in [-0.3, -0.25) is 9.78 Å². The number of aryl methyl sites for hydroxylation is 1. The molecule has 8 heteroatoms. The van der Waals surface area contributed by atoms with Gasteiger partial charge in [0.1, 0.15) is 11.3 Å². The largest absolute Gasteiger partial charge is 0.496 e. The van der Waals surface area contributed by atoms with Crippen molar-refractivity contribution >= 4 is 11.2 Å². The number of nitrogens with zero attached hydrogens (tertiary/aromatic N) is 5. The highest BCUT2D eigenvalue weighted by Gasteiger charge is 2.17. The molecule has 0 aliphatic rings. The van der Waals surface area contributed by atoms with Crippen LogP contribution in [0.2, 0.25) is 0 Å². The summed E-state index contributed by atoms with van der Waals surface area (Å²) in [6.07, 6.45) is 9.33. The molecule has 0 amide bonds. The number of aromatic amines is 2. The van der Waals surface area contributed by atoms with E-state index in [0.717, 1.165) is 50.6 Å². The second kappa shape index (κ2) is 7.14. The smallest absolute Gasteiger partial charge is 0.156 e. The van der Waals surface area contributed by atoms with Crippen LogP contribution in [-0.4, -0.2) is 42.0 Å². The summed E-state index contributed by atoms with van der Waals surface area (Å²) in [7, 11) is 1.68. The maximum atomic E-state index is 5.51. The number of ether oxygens (including phenoxy) is 1. The van der Waals surface area contributed by atoms with Crippen molar-refractivity contribution in [2.75, 3.05) is 7.11 Å². The quantitative estimate of drug-likeness (QED) is 0.463. The van der Waals surface area contributed by atoms with E-state index in [2.05, 4.69) is 38.3 Å². The summed E-state index contributed by atoms with van der Waals surface area (Å²) in [4.78, 5) is 12.6. The minimum atomic E-state index is 0.0235. The molecule has 0 saturated carbocycles. The van der Waals surface area contributed by atoms with Crippen LogP contribution in [-0.2, 0) is 0 Å². The van der Waals surface area contributed by atoms with E-state index in [4.69, 9.17) is 9.72 Å². The third-order valence-corrected chi connectivity index (χ3v) is 5.39. The van der Waals surface area contributed by atoms with Gasteiger partial charge in [0.15, 0.2) is 5.65 Å². The molecule has 8 nitrogen and oxygen atoms in total. The molecule has 5 aromatic rings. The molecule has 1 aromatic carbocycles. The summed E-state index contributed by atoms with van der Waals surface area (Å²) >= 11 is 0. The summed E-state index contributed by atoms with van der Waals surface area (Å²) < 4.78 is 7.44. The lowest BCUT2D eigenvalue weighted by Gasteiger charge is -2.15. The van der Waals surface area contributed by atoms with Crippen LogP contribution in [0.25, 0.3) is 33.5 Å². The monoisotopic (exact) mass is 399 g/mol. The average Bonchev–Trinajstić information content (AvgIpc) is 3.51. The third-order valence-electron chi connectivity index (χ3n) is 5.39. The zero-order valence-electron chi connectivity index (χ0n) is 16.9. The van der Waals surface area contributed by atoms with Crippen molar-refractivity contribution in [3.63, 3.8) is 0 Å². The van der Waals surface area contributed by atoms with Gasteiger partial charge in [-0.2, -0.15) is 10.2 Å². The van der Waals surface area contributed by atoms with Gasteiger partial charge in [-0.1, -0.05) is 18.2 Å². The van der Waals surface area contributed by atoms with E-state index in [1.807, 2.05) is 48.4 Å². The Bertz CT molecular complexity index is 1330. The molecule has 0 fully saturated rings. The standard InChI is InChI=1S/C22H21N7O/c1-13-17(10-25-28-13)19-11-24-22-21(27-19)18(9-23-22)15-8-26-29(12-15)14(2)16-6-4-5-7-20(16)30-3/h4-12,14H,1-3H3,(H,23,24)(H,25,28). The van der Waals surface area contributed by atoms with Crippen LogP contribution < -0.4 is 4.74 Å². The Balaban J connectivity index is 1.54. The van der Waals surface area contributed by atoms with E-state index >= 15 is 0 Å². The van der Waals surface area contributed by atoms with Gasteiger partial charge < -0.3 is 9.72 Å². The van der Waals surface area contributed by atoms with Crippen LogP contribution in [0.4, 0.5) is 0 Å². The fourth-order valence-corrected chi connectivity index (χ4v) is 3.69. The highest BCUT2D eigenvalue weighted by atomic mass is 16.5. The molecular formula is C22H21N7O. The Morgan fingerprint density at radius 3 is 2.77 bits per heavy atom. The Kier molecular flexibility index (Phi) is 4.31. The van der Waals surface area contributed by atoms with Crippen LogP contribution in [0.5, 0.6) is 5.75 Å². The summed E-state index contributed by atoms with van der Waals surface area (Å²) in [5, 5.41) is 11.6. The van der Waals surface area contributed by atoms with Gasteiger partial charge in [0, 0.05) is 40.3 Å². The average molecular weight is 399 g/mol. The summed E-state index contributed by atoms with van der Waals surface area (Å²) in [6.45, 7) is 4.07. The number of aromatic nitrogens is 7. The first kappa shape index (κ1) is 18.1. The van der Waals surface area contributed by atoms with Crippen molar-refractivity contribution in [3.05, 3.63) is 66.5 Å². The summed E-state index contributed by atoms with van der Waals surface area (Å²) in [5.74, 6) is 0.847. The molecule has 150 valence electrons. The molecular weight excluding hydrogens is 378 g/mol. The number of methoxy groups -OCH3 is 1. The lowest BCUT2D eigenvalue weighted by molar-refractivity contribution is 0.400. The highest BCUT2D eigenvalue weighted by Crippen LogP contribution is 2.31. The fourth-order valence-electron chi connectivity index (χ4n) is 3.69. The van der Waals surface area contributed by atoms with Gasteiger partial charge in [0.05, 0.1) is 37.4 Å². The van der Waals surface area contributed by atoms with Gasteiger partial charge in [0.25, 0.3) is 0 Å². The third kappa shape index (κ3) is 2.93. The molecule has 0 saturated heterocycles. The topological polar surface area (TPSA) is 97.3 Å². The van der Waals surface area contributed by atoms with Gasteiger partial charge in [-0.15, -0.1) is 0 Å². The number of H-pyrrole nitrogens is 2. The number of hydrogen-bond donors (Lipinski definition) is 2. The number of fused-ring (bicyclic) bond motifs is 1. The normalized spacial score (nSPS) is 12.4. The maximum Gasteiger partial charge on any atom is 0.156 e. The highest BCUT2D eigenvalue weighted by molar-refractivity contribution is 5.91. The zero-order chi connectivity index (χ0) is 20.7. The summed E-state index contributed by atoms with van der Waals surface area (Å²) in [6, 6.07) is 8.02. The SMILES string of the molecule is COc1ccccc1C(C)n1cc(-c2c[nH]c3ncc(-c4cn[nH]c4C)nc23)cn1. The molecule has 4 aromatic heterocycles. The summed E-state index contributed by atoms with van der Waals surface area (Å²) in [5.41, 5.74) is 7.22. The number of rotatable bonds is 5. The van der Waals surface area contributed by atoms with Crippen molar-refractivity contribution < 1.29 is 4.74 Å². The van der Waals surface area contributed by atoms with Gasteiger partial charge in [-0.05, 0) is 19.9 Å². The first-order chi connectivity index (χ1) is 14.7. The first-order valence-corrected chi connectivity index (χ1v) is 9.67. The molecule has 2 N–H and O–H groups in total. The van der Waals surface area contributed by atoms with Crippen LogP contribution in [0.15, 0.2) is 55.2 Å². The molecule has 0 radical (unpaired) electrons. The lowest BCUT2D eigenvalue weighted by atomic mass is 10.1. The number of benzene rings is 1. The number of hydrogen-bond acceptors (Lipinski definition) is 5. The lowest BCUT2D eigenvalue weighted by Crippen LogP contribution is -2.08. The van der Waals surface area contributed by atoms with E-state index in [1.54, 1.807) is 19.5 Å². The molecule has 4 heterocycles. The minimum absolute atomic E-state index is 0.0235. The van der Waals surface area contributed by atoms with Crippen molar-refractivity contribution in [2.24, 2.45) is 0 Å². The molecule has 1 unspecified atom stereocenters. The van der Waals surface area contributed by atoms with E-state index in [-0.39, 0.29) is 6.04 Å². The molecule has 0 spiro atoms. The van der Waals surface area contributed by atoms with E-state index < -0.39 is 0 Å². The molecule has 5 rings (SSSR count). The van der Waals surface area contributed by atoms with Crippen LogP contribution in [0.3, 0.4) is 0 Å². The Labute approximate surface area is 173 Å². The van der Waals surface area contributed by atoms with Crippen LogP contribution in [0.1, 0.15) is 24.2 Å². The molecule has 1 atom stereocenters. The minimum Gasteiger partial charge on any atom is -0.496 e. The van der Waals surface area contributed by atoms with Crippen molar-refractivity contribution in [1.82, 2.24) is 34.9 Å². The maximum absolute atomic E-state index is 5.51. The fraction of sp³-hybridized carbons (Fsp3) is 0.182.